The molecule has 0 amide bonds. The maximum Gasteiger partial charge on any atom is 0.242 e. The topological polar surface area (TPSA) is 82.3 Å². The van der Waals surface area contributed by atoms with Gasteiger partial charge in [-0.3, -0.25) is 0 Å². The average Bonchev–Trinajstić information content (AvgIpc) is 2.46. The Morgan fingerprint density at radius 2 is 2.05 bits per heavy atom. The van der Waals surface area contributed by atoms with Gasteiger partial charge in [0.2, 0.25) is 5.88 Å². The molecule has 0 spiro atoms. The van der Waals surface area contributed by atoms with Gasteiger partial charge in [-0.2, -0.15) is 4.98 Å². The highest BCUT2D eigenvalue weighted by Gasteiger charge is 2.10. The molecule has 2 aromatic rings. The molecule has 0 fully saturated rings. The molecular weight excluding hydrogens is 256 g/mol. The van der Waals surface area contributed by atoms with Crippen LogP contribution in [0.1, 0.15) is 12.5 Å². The molecule has 0 saturated heterocycles. The molecule has 0 unspecified atom stereocenters. The monoisotopic (exact) mass is 274 g/mol. The van der Waals surface area contributed by atoms with Crippen molar-refractivity contribution in [2.75, 3.05) is 24.8 Å². The van der Waals surface area contributed by atoms with Crippen LogP contribution < -0.4 is 15.8 Å². The van der Waals surface area contributed by atoms with Crippen LogP contribution in [0.2, 0.25) is 0 Å². The molecule has 20 heavy (non-hydrogen) atoms. The lowest BCUT2D eigenvalue weighted by molar-refractivity contribution is 0.185. The lowest BCUT2D eigenvalue weighted by Crippen LogP contribution is -2.06. The molecule has 0 radical (unpaired) electrons. The Hall–Kier alpha value is -2.34. The third kappa shape index (κ3) is 3.16. The van der Waals surface area contributed by atoms with Gasteiger partial charge >= 0.3 is 0 Å². The van der Waals surface area contributed by atoms with E-state index in [9.17, 15) is 0 Å². The Balaban J connectivity index is 2.28. The van der Waals surface area contributed by atoms with Crippen molar-refractivity contribution in [3.05, 3.63) is 36.2 Å². The number of aromatic nitrogens is 2. The molecule has 1 heterocycles. The first-order valence-corrected chi connectivity index (χ1v) is 6.33. The first-order chi connectivity index (χ1) is 9.76. The minimum Gasteiger partial charge on any atom is -0.476 e. The number of nitrogens with zero attached hydrogens (tertiary/aromatic N) is 2. The van der Waals surface area contributed by atoms with E-state index < -0.39 is 0 Å². The van der Waals surface area contributed by atoms with Gasteiger partial charge in [0.05, 0.1) is 13.2 Å². The van der Waals surface area contributed by atoms with Gasteiger partial charge in [-0.15, -0.1) is 0 Å². The molecule has 0 bridgehead atoms. The number of nitrogen functional groups attached to an aromatic ring is 1. The van der Waals surface area contributed by atoms with E-state index in [1.165, 1.54) is 6.33 Å². The van der Waals surface area contributed by atoms with Crippen LogP contribution in [0.15, 0.2) is 30.6 Å². The van der Waals surface area contributed by atoms with E-state index in [2.05, 4.69) is 15.3 Å². The molecule has 0 saturated carbocycles. The molecule has 1 aromatic carbocycles. The van der Waals surface area contributed by atoms with E-state index in [1.54, 1.807) is 7.11 Å². The van der Waals surface area contributed by atoms with Crippen molar-refractivity contribution in [1.29, 1.82) is 0 Å². The van der Waals surface area contributed by atoms with Gasteiger partial charge in [0.15, 0.2) is 5.82 Å². The second kappa shape index (κ2) is 6.72. The maximum atomic E-state index is 6.00. The number of nitrogens with two attached hydrogens (primary N) is 1. The Morgan fingerprint density at radius 1 is 1.25 bits per heavy atom. The summed E-state index contributed by atoms with van der Waals surface area (Å²) in [6, 6.07) is 7.81. The van der Waals surface area contributed by atoms with Gasteiger partial charge in [0.1, 0.15) is 12.0 Å². The molecule has 3 N–H and O–H groups in total. The summed E-state index contributed by atoms with van der Waals surface area (Å²) < 4.78 is 10.5. The lowest BCUT2D eigenvalue weighted by Gasteiger charge is -2.13. The van der Waals surface area contributed by atoms with Crippen molar-refractivity contribution in [3.8, 4) is 5.88 Å². The highest BCUT2D eigenvalue weighted by atomic mass is 16.5. The molecule has 2 rings (SSSR count). The van der Waals surface area contributed by atoms with Crippen LogP contribution in [0.4, 0.5) is 17.2 Å². The van der Waals surface area contributed by atoms with Crippen molar-refractivity contribution in [2.45, 2.75) is 13.5 Å². The number of nitrogens with one attached hydrogen (secondary N) is 1. The van der Waals surface area contributed by atoms with E-state index in [-0.39, 0.29) is 0 Å². The lowest BCUT2D eigenvalue weighted by atomic mass is 10.2. The van der Waals surface area contributed by atoms with Crippen LogP contribution in [-0.2, 0) is 11.3 Å². The standard InChI is InChI=1S/C14H18N4O2/c1-3-20-14-12(15)13(16-9-17-14)18-11-7-5-4-6-10(11)8-19-2/h4-7,9H,3,8,15H2,1-2H3,(H,16,17,18). The van der Waals surface area contributed by atoms with E-state index in [1.807, 2.05) is 31.2 Å². The SMILES string of the molecule is CCOc1ncnc(Nc2ccccc2COC)c1N. The summed E-state index contributed by atoms with van der Waals surface area (Å²) >= 11 is 0. The zero-order valence-corrected chi connectivity index (χ0v) is 11.6. The van der Waals surface area contributed by atoms with Crippen LogP contribution in [0.25, 0.3) is 0 Å². The largest absolute Gasteiger partial charge is 0.476 e. The number of ether oxygens (including phenoxy) is 2. The number of methoxy groups -OCH3 is 1. The minimum absolute atomic E-state index is 0.384. The number of benzene rings is 1. The van der Waals surface area contributed by atoms with Crippen LogP contribution in [0.5, 0.6) is 5.88 Å². The van der Waals surface area contributed by atoms with Gasteiger partial charge in [-0.1, -0.05) is 18.2 Å². The van der Waals surface area contributed by atoms with Gasteiger partial charge in [0.25, 0.3) is 0 Å². The average molecular weight is 274 g/mol. The summed E-state index contributed by atoms with van der Waals surface area (Å²) in [5.41, 5.74) is 8.30. The van der Waals surface area contributed by atoms with E-state index in [0.717, 1.165) is 11.3 Å². The first kappa shape index (κ1) is 14.1. The van der Waals surface area contributed by atoms with Crippen LogP contribution in [0.3, 0.4) is 0 Å². The molecular formula is C14H18N4O2. The smallest absolute Gasteiger partial charge is 0.242 e. The Morgan fingerprint density at radius 3 is 2.80 bits per heavy atom. The fraction of sp³-hybridized carbons (Fsp3) is 0.286. The van der Waals surface area contributed by atoms with Gasteiger partial charge in [0, 0.05) is 18.4 Å². The second-order valence-electron chi connectivity index (χ2n) is 4.09. The summed E-state index contributed by atoms with van der Waals surface area (Å²) in [4.78, 5) is 8.16. The normalized spacial score (nSPS) is 10.3. The predicted octanol–water partition coefficient (Wildman–Crippen LogP) is 2.35. The summed E-state index contributed by atoms with van der Waals surface area (Å²) in [5, 5.41) is 3.19. The zero-order chi connectivity index (χ0) is 14.4. The highest BCUT2D eigenvalue weighted by molar-refractivity contribution is 5.73. The van der Waals surface area contributed by atoms with Crippen molar-refractivity contribution in [2.24, 2.45) is 0 Å². The predicted molar refractivity (Wildman–Crippen MR) is 78.1 cm³/mol. The third-order valence-corrected chi connectivity index (χ3v) is 2.70. The fourth-order valence-electron chi connectivity index (χ4n) is 1.78. The van der Waals surface area contributed by atoms with Crippen LogP contribution in [-0.4, -0.2) is 23.7 Å². The summed E-state index contributed by atoms with van der Waals surface area (Å²) in [6.45, 7) is 2.88. The van der Waals surface area contributed by atoms with Crippen molar-refractivity contribution in [3.63, 3.8) is 0 Å². The Kier molecular flexibility index (Phi) is 4.73. The first-order valence-electron chi connectivity index (χ1n) is 6.33. The second-order valence-corrected chi connectivity index (χ2v) is 4.09. The molecule has 0 atom stereocenters. The van der Waals surface area contributed by atoms with Crippen molar-refractivity contribution in [1.82, 2.24) is 9.97 Å². The summed E-state index contributed by atoms with van der Waals surface area (Å²) in [5.74, 6) is 0.904. The molecule has 0 aliphatic rings. The van der Waals surface area contributed by atoms with Crippen molar-refractivity contribution >= 4 is 17.2 Å². The number of hydrogen-bond donors (Lipinski definition) is 2. The van der Waals surface area contributed by atoms with Gasteiger partial charge in [-0.25, -0.2) is 4.98 Å². The minimum atomic E-state index is 0.384. The molecule has 6 heteroatoms. The molecule has 0 aliphatic heterocycles. The van der Waals surface area contributed by atoms with Crippen molar-refractivity contribution < 1.29 is 9.47 Å². The highest BCUT2D eigenvalue weighted by Crippen LogP contribution is 2.28. The van der Waals surface area contributed by atoms with E-state index >= 15 is 0 Å². The van der Waals surface area contributed by atoms with Crippen LogP contribution in [0, 0.1) is 0 Å². The number of anilines is 3. The fourth-order valence-corrected chi connectivity index (χ4v) is 1.78. The Labute approximate surface area is 118 Å². The van der Waals surface area contributed by atoms with E-state index in [0.29, 0.717) is 30.6 Å². The third-order valence-electron chi connectivity index (χ3n) is 2.70. The number of para-hydroxylation sites is 1. The molecule has 6 nitrogen and oxygen atoms in total. The zero-order valence-electron chi connectivity index (χ0n) is 11.6. The summed E-state index contributed by atoms with van der Waals surface area (Å²) in [7, 11) is 1.66. The maximum absolute atomic E-state index is 6.00. The van der Waals surface area contributed by atoms with Gasteiger partial charge < -0.3 is 20.5 Å². The summed E-state index contributed by atoms with van der Waals surface area (Å²) in [6.07, 6.45) is 1.42. The number of hydrogen-bond acceptors (Lipinski definition) is 6. The quantitative estimate of drug-likeness (QED) is 0.841. The molecule has 1 aromatic heterocycles. The van der Waals surface area contributed by atoms with Crippen LogP contribution >= 0.6 is 0 Å². The number of rotatable bonds is 6. The molecule has 106 valence electrons. The molecule has 0 aliphatic carbocycles. The van der Waals surface area contributed by atoms with Gasteiger partial charge in [-0.05, 0) is 13.0 Å². The Bertz CT molecular complexity index is 575. The van der Waals surface area contributed by atoms with E-state index in [4.69, 9.17) is 15.2 Å².